The number of benzene rings is 2. The number of nitrogens with two attached hydrogens (primary N) is 1. The lowest BCUT2D eigenvalue weighted by atomic mass is 9.69. The molecule has 2 aromatic rings. The highest BCUT2D eigenvalue weighted by Gasteiger charge is 2.30. The van der Waals surface area contributed by atoms with Crippen LogP contribution >= 0.6 is 0 Å². The van der Waals surface area contributed by atoms with Gasteiger partial charge in [0.05, 0.1) is 0 Å². The molecular weight excluding hydrogens is 242 g/mol. The predicted molar refractivity (Wildman–Crippen MR) is 86.9 cm³/mol. The van der Waals surface area contributed by atoms with Gasteiger partial charge in [0.1, 0.15) is 0 Å². The van der Waals surface area contributed by atoms with Crippen molar-refractivity contribution in [3.63, 3.8) is 0 Å². The standard InChI is InChI=1S/C19H25N/c1-2-14-10-11-16(13-20)19(12-14)18-9-5-7-15-6-3-4-8-17(15)18/h3-9,14,16,19H,2,10-13,20H2,1H3. The largest absolute Gasteiger partial charge is 0.330 e. The normalized spacial score (nSPS) is 26.8. The molecular formula is C19H25N. The van der Waals surface area contributed by atoms with Crippen LogP contribution in [0.1, 0.15) is 44.1 Å². The Labute approximate surface area is 122 Å². The third-order valence-electron chi connectivity index (χ3n) is 5.20. The number of fused-ring (bicyclic) bond motifs is 1. The summed E-state index contributed by atoms with van der Waals surface area (Å²) in [6, 6.07) is 15.5. The van der Waals surface area contributed by atoms with Gasteiger partial charge in [-0.25, -0.2) is 0 Å². The Hall–Kier alpha value is -1.34. The third-order valence-corrected chi connectivity index (χ3v) is 5.20. The van der Waals surface area contributed by atoms with Crippen molar-refractivity contribution in [3.8, 4) is 0 Å². The monoisotopic (exact) mass is 267 g/mol. The van der Waals surface area contributed by atoms with E-state index in [1.807, 2.05) is 0 Å². The van der Waals surface area contributed by atoms with E-state index in [1.165, 1.54) is 42.0 Å². The average Bonchev–Trinajstić information content (AvgIpc) is 2.53. The van der Waals surface area contributed by atoms with Crippen molar-refractivity contribution in [1.29, 1.82) is 0 Å². The maximum Gasteiger partial charge on any atom is -0.00430 e. The van der Waals surface area contributed by atoms with E-state index in [2.05, 4.69) is 49.4 Å². The van der Waals surface area contributed by atoms with E-state index < -0.39 is 0 Å². The van der Waals surface area contributed by atoms with Gasteiger partial charge in [-0.2, -0.15) is 0 Å². The fourth-order valence-electron chi connectivity index (χ4n) is 3.93. The lowest BCUT2D eigenvalue weighted by molar-refractivity contribution is 0.237. The molecule has 1 saturated carbocycles. The molecule has 3 unspecified atom stereocenters. The first-order valence-corrected chi connectivity index (χ1v) is 8.01. The molecule has 0 radical (unpaired) electrons. The van der Waals surface area contributed by atoms with Crippen LogP contribution < -0.4 is 5.73 Å². The zero-order chi connectivity index (χ0) is 13.9. The molecule has 2 aromatic carbocycles. The molecule has 1 heteroatoms. The van der Waals surface area contributed by atoms with E-state index in [9.17, 15) is 0 Å². The van der Waals surface area contributed by atoms with Gasteiger partial charge in [-0.3, -0.25) is 0 Å². The topological polar surface area (TPSA) is 26.0 Å². The summed E-state index contributed by atoms with van der Waals surface area (Å²) in [6.07, 6.45) is 5.27. The van der Waals surface area contributed by atoms with E-state index in [0.29, 0.717) is 11.8 Å². The lowest BCUT2D eigenvalue weighted by Crippen LogP contribution is -2.29. The Kier molecular flexibility index (Phi) is 4.07. The van der Waals surface area contributed by atoms with E-state index in [4.69, 9.17) is 5.73 Å². The molecule has 20 heavy (non-hydrogen) atoms. The van der Waals surface area contributed by atoms with E-state index in [0.717, 1.165) is 12.5 Å². The maximum atomic E-state index is 6.06. The second-order valence-corrected chi connectivity index (χ2v) is 6.26. The zero-order valence-corrected chi connectivity index (χ0v) is 12.4. The van der Waals surface area contributed by atoms with Crippen LogP contribution in [0.3, 0.4) is 0 Å². The Morgan fingerprint density at radius 2 is 1.85 bits per heavy atom. The molecule has 106 valence electrons. The first-order chi connectivity index (χ1) is 9.83. The smallest absolute Gasteiger partial charge is 0.00430 e. The minimum Gasteiger partial charge on any atom is -0.330 e. The third kappa shape index (κ3) is 2.47. The molecule has 0 aliphatic heterocycles. The minimum atomic E-state index is 0.643. The van der Waals surface area contributed by atoms with Gasteiger partial charge < -0.3 is 5.73 Å². The van der Waals surface area contributed by atoms with Crippen LogP contribution in [0.25, 0.3) is 10.8 Å². The van der Waals surface area contributed by atoms with Gasteiger partial charge in [-0.15, -0.1) is 0 Å². The quantitative estimate of drug-likeness (QED) is 0.856. The van der Waals surface area contributed by atoms with Crippen LogP contribution in [0.2, 0.25) is 0 Å². The highest BCUT2D eigenvalue weighted by Crippen LogP contribution is 2.43. The molecule has 2 N–H and O–H groups in total. The second kappa shape index (κ2) is 5.97. The van der Waals surface area contributed by atoms with Crippen LogP contribution in [0.15, 0.2) is 42.5 Å². The lowest BCUT2D eigenvalue weighted by Gasteiger charge is -2.36. The minimum absolute atomic E-state index is 0.643. The zero-order valence-electron chi connectivity index (χ0n) is 12.4. The van der Waals surface area contributed by atoms with Crippen molar-refractivity contribution >= 4 is 10.8 Å². The molecule has 1 aliphatic rings. The van der Waals surface area contributed by atoms with E-state index in [1.54, 1.807) is 0 Å². The summed E-state index contributed by atoms with van der Waals surface area (Å²) < 4.78 is 0. The highest BCUT2D eigenvalue weighted by atomic mass is 14.6. The van der Waals surface area contributed by atoms with Gasteiger partial charge in [0, 0.05) is 0 Å². The molecule has 3 rings (SSSR count). The first-order valence-electron chi connectivity index (χ1n) is 8.01. The Bertz CT molecular complexity index is 569. The van der Waals surface area contributed by atoms with Crippen LogP contribution in [-0.4, -0.2) is 6.54 Å². The molecule has 1 fully saturated rings. The van der Waals surface area contributed by atoms with Crippen molar-refractivity contribution in [2.45, 2.75) is 38.5 Å². The highest BCUT2D eigenvalue weighted by molar-refractivity contribution is 5.86. The summed E-state index contributed by atoms with van der Waals surface area (Å²) >= 11 is 0. The van der Waals surface area contributed by atoms with Crippen molar-refractivity contribution in [3.05, 3.63) is 48.0 Å². The fraction of sp³-hybridized carbons (Fsp3) is 0.474. The number of hydrogen-bond donors (Lipinski definition) is 1. The molecule has 0 amide bonds. The Morgan fingerprint density at radius 3 is 2.65 bits per heavy atom. The first kappa shape index (κ1) is 13.6. The summed E-state index contributed by atoms with van der Waals surface area (Å²) in [5, 5.41) is 2.79. The summed E-state index contributed by atoms with van der Waals surface area (Å²) in [6.45, 7) is 3.15. The van der Waals surface area contributed by atoms with E-state index >= 15 is 0 Å². The SMILES string of the molecule is CCC1CCC(CN)C(c2cccc3ccccc23)C1. The summed E-state index contributed by atoms with van der Waals surface area (Å²) in [4.78, 5) is 0. The Balaban J connectivity index is 2.03. The van der Waals surface area contributed by atoms with Crippen molar-refractivity contribution in [2.24, 2.45) is 17.6 Å². The predicted octanol–water partition coefficient (Wildman–Crippen LogP) is 4.71. The van der Waals surface area contributed by atoms with Crippen molar-refractivity contribution < 1.29 is 0 Å². The molecule has 0 bridgehead atoms. The van der Waals surface area contributed by atoms with Gasteiger partial charge in [-0.1, -0.05) is 62.2 Å². The fourth-order valence-corrected chi connectivity index (χ4v) is 3.93. The molecule has 0 saturated heterocycles. The number of hydrogen-bond acceptors (Lipinski definition) is 1. The van der Waals surface area contributed by atoms with Gasteiger partial charge >= 0.3 is 0 Å². The molecule has 0 spiro atoms. The van der Waals surface area contributed by atoms with Crippen molar-refractivity contribution in [1.82, 2.24) is 0 Å². The van der Waals surface area contributed by atoms with Gasteiger partial charge in [0.15, 0.2) is 0 Å². The second-order valence-electron chi connectivity index (χ2n) is 6.26. The molecule has 1 nitrogen and oxygen atoms in total. The van der Waals surface area contributed by atoms with Crippen LogP contribution in [-0.2, 0) is 0 Å². The summed E-state index contributed by atoms with van der Waals surface area (Å²) in [7, 11) is 0. The van der Waals surface area contributed by atoms with Crippen LogP contribution in [0.4, 0.5) is 0 Å². The maximum absolute atomic E-state index is 6.06. The number of rotatable bonds is 3. The van der Waals surface area contributed by atoms with Crippen LogP contribution in [0.5, 0.6) is 0 Å². The average molecular weight is 267 g/mol. The van der Waals surface area contributed by atoms with Crippen LogP contribution in [0, 0.1) is 11.8 Å². The molecule has 3 atom stereocenters. The van der Waals surface area contributed by atoms with Gasteiger partial charge in [0.25, 0.3) is 0 Å². The van der Waals surface area contributed by atoms with E-state index in [-0.39, 0.29) is 0 Å². The molecule has 0 heterocycles. The molecule has 1 aliphatic carbocycles. The van der Waals surface area contributed by atoms with Gasteiger partial charge in [-0.05, 0) is 53.5 Å². The molecule has 0 aromatic heterocycles. The summed E-state index contributed by atoms with van der Waals surface area (Å²) in [5.41, 5.74) is 7.59. The Morgan fingerprint density at radius 1 is 1.05 bits per heavy atom. The van der Waals surface area contributed by atoms with Crippen molar-refractivity contribution in [2.75, 3.05) is 6.54 Å². The summed E-state index contributed by atoms with van der Waals surface area (Å²) in [5.74, 6) is 2.18. The van der Waals surface area contributed by atoms with Gasteiger partial charge in [0.2, 0.25) is 0 Å².